The van der Waals surface area contributed by atoms with Crippen LogP contribution in [0, 0.1) is 17.2 Å². The Morgan fingerprint density at radius 1 is 1.03 bits per heavy atom. The van der Waals surface area contributed by atoms with Gasteiger partial charge in [-0.15, -0.1) is 0 Å². The SMILES string of the molecule is CCc1ccc(OCC(=O)Oc2ccc3c(c2)OC(N)=C(C#N)C3c2cccc(OCCC(C)C)c2)cc1. The summed E-state index contributed by atoms with van der Waals surface area (Å²) < 4.78 is 22.7. The fourth-order valence-corrected chi connectivity index (χ4v) is 4.16. The molecule has 0 fully saturated rings. The Bertz CT molecular complexity index is 1360. The minimum atomic E-state index is -0.552. The molecular formula is C31H32N2O5. The molecule has 0 aliphatic carbocycles. The highest BCUT2D eigenvalue weighted by atomic mass is 16.6. The van der Waals surface area contributed by atoms with Crippen molar-refractivity contribution in [2.75, 3.05) is 13.2 Å². The molecule has 7 nitrogen and oxygen atoms in total. The summed E-state index contributed by atoms with van der Waals surface area (Å²) in [5.41, 5.74) is 9.23. The number of carbonyl (C=O) groups excluding carboxylic acids is 1. The third kappa shape index (κ3) is 6.46. The number of nitrogens with zero attached hydrogens (tertiary/aromatic N) is 1. The van der Waals surface area contributed by atoms with Gasteiger partial charge in [0.1, 0.15) is 34.6 Å². The molecule has 0 saturated carbocycles. The lowest BCUT2D eigenvalue weighted by Crippen LogP contribution is -2.21. The molecule has 1 heterocycles. The molecule has 1 atom stereocenters. The number of benzene rings is 3. The zero-order valence-corrected chi connectivity index (χ0v) is 21.9. The van der Waals surface area contributed by atoms with Crippen LogP contribution in [0.3, 0.4) is 0 Å². The Balaban J connectivity index is 1.50. The smallest absolute Gasteiger partial charge is 0.349 e. The highest BCUT2D eigenvalue weighted by molar-refractivity contribution is 5.74. The number of esters is 1. The maximum Gasteiger partial charge on any atom is 0.349 e. The van der Waals surface area contributed by atoms with E-state index in [0.29, 0.717) is 29.6 Å². The van der Waals surface area contributed by atoms with Crippen LogP contribution in [0.1, 0.15) is 49.8 Å². The number of ether oxygens (including phenoxy) is 4. The topological polar surface area (TPSA) is 104 Å². The van der Waals surface area contributed by atoms with Gasteiger partial charge in [-0.1, -0.05) is 51.1 Å². The fourth-order valence-electron chi connectivity index (χ4n) is 4.16. The normalized spacial score (nSPS) is 14.3. The minimum absolute atomic E-state index is 0.0125. The zero-order chi connectivity index (χ0) is 27.1. The minimum Gasteiger partial charge on any atom is -0.494 e. The second-order valence-electron chi connectivity index (χ2n) is 9.49. The van der Waals surface area contributed by atoms with E-state index in [1.165, 1.54) is 5.56 Å². The summed E-state index contributed by atoms with van der Waals surface area (Å²) in [7, 11) is 0. The van der Waals surface area contributed by atoms with Crippen LogP contribution < -0.4 is 24.7 Å². The van der Waals surface area contributed by atoms with E-state index in [1.807, 2.05) is 48.5 Å². The second kappa shape index (κ2) is 12.2. The second-order valence-corrected chi connectivity index (χ2v) is 9.49. The number of carbonyl (C=O) groups is 1. The third-order valence-electron chi connectivity index (χ3n) is 6.27. The summed E-state index contributed by atoms with van der Waals surface area (Å²) in [6.07, 6.45) is 1.87. The largest absolute Gasteiger partial charge is 0.494 e. The zero-order valence-electron chi connectivity index (χ0n) is 21.9. The van der Waals surface area contributed by atoms with Gasteiger partial charge in [-0.25, -0.2) is 4.79 Å². The van der Waals surface area contributed by atoms with Gasteiger partial charge in [-0.05, 0) is 60.2 Å². The first-order valence-electron chi connectivity index (χ1n) is 12.7. The maximum absolute atomic E-state index is 12.4. The van der Waals surface area contributed by atoms with E-state index in [1.54, 1.807) is 18.2 Å². The Labute approximate surface area is 223 Å². The molecule has 0 spiro atoms. The number of nitriles is 1. The van der Waals surface area contributed by atoms with E-state index in [9.17, 15) is 10.1 Å². The molecule has 1 unspecified atom stereocenters. The molecule has 0 saturated heterocycles. The van der Waals surface area contributed by atoms with Crippen molar-refractivity contribution >= 4 is 5.97 Å². The molecule has 0 aromatic heterocycles. The van der Waals surface area contributed by atoms with Gasteiger partial charge in [0.2, 0.25) is 5.88 Å². The number of fused-ring (bicyclic) bond motifs is 1. The lowest BCUT2D eigenvalue weighted by Gasteiger charge is -2.27. The molecule has 0 bridgehead atoms. The summed E-state index contributed by atoms with van der Waals surface area (Å²) >= 11 is 0. The van der Waals surface area contributed by atoms with Gasteiger partial charge in [0, 0.05) is 11.6 Å². The van der Waals surface area contributed by atoms with Gasteiger partial charge >= 0.3 is 5.97 Å². The molecule has 0 radical (unpaired) electrons. The van der Waals surface area contributed by atoms with E-state index >= 15 is 0 Å². The molecule has 38 heavy (non-hydrogen) atoms. The summed E-state index contributed by atoms with van der Waals surface area (Å²) in [6.45, 7) is 6.74. The van der Waals surface area contributed by atoms with Crippen LogP contribution in [0.2, 0.25) is 0 Å². The quantitative estimate of drug-likeness (QED) is 0.267. The van der Waals surface area contributed by atoms with Crippen LogP contribution >= 0.6 is 0 Å². The van der Waals surface area contributed by atoms with Crippen molar-refractivity contribution in [3.8, 4) is 29.1 Å². The lowest BCUT2D eigenvalue weighted by atomic mass is 9.83. The average Bonchev–Trinajstić information content (AvgIpc) is 2.91. The summed E-state index contributed by atoms with van der Waals surface area (Å²) in [5, 5.41) is 9.86. The van der Waals surface area contributed by atoms with E-state index in [0.717, 1.165) is 29.7 Å². The van der Waals surface area contributed by atoms with Crippen molar-refractivity contribution in [1.82, 2.24) is 0 Å². The predicted octanol–water partition coefficient (Wildman–Crippen LogP) is 5.88. The molecular weight excluding hydrogens is 480 g/mol. The van der Waals surface area contributed by atoms with E-state index < -0.39 is 11.9 Å². The number of nitrogens with two attached hydrogens (primary N) is 1. The lowest BCUT2D eigenvalue weighted by molar-refractivity contribution is -0.136. The number of hydrogen-bond donors (Lipinski definition) is 1. The van der Waals surface area contributed by atoms with Gasteiger partial charge in [0.05, 0.1) is 12.5 Å². The highest BCUT2D eigenvalue weighted by Gasteiger charge is 2.31. The molecule has 2 N–H and O–H groups in total. The number of hydrogen-bond acceptors (Lipinski definition) is 7. The van der Waals surface area contributed by atoms with Gasteiger partial charge in [0.25, 0.3) is 0 Å². The first kappa shape index (κ1) is 26.6. The van der Waals surface area contributed by atoms with E-state index in [-0.39, 0.29) is 18.2 Å². The van der Waals surface area contributed by atoms with Gasteiger partial charge in [-0.2, -0.15) is 5.26 Å². The molecule has 1 aliphatic heterocycles. The van der Waals surface area contributed by atoms with Crippen molar-refractivity contribution in [3.63, 3.8) is 0 Å². The van der Waals surface area contributed by atoms with Crippen molar-refractivity contribution in [3.05, 3.63) is 94.9 Å². The van der Waals surface area contributed by atoms with Crippen LogP contribution in [0.25, 0.3) is 0 Å². The van der Waals surface area contributed by atoms with Gasteiger partial charge < -0.3 is 24.7 Å². The van der Waals surface area contributed by atoms with Crippen molar-refractivity contribution in [1.29, 1.82) is 5.26 Å². The Kier molecular flexibility index (Phi) is 8.55. The third-order valence-corrected chi connectivity index (χ3v) is 6.27. The van der Waals surface area contributed by atoms with Crippen LogP contribution in [0.5, 0.6) is 23.0 Å². The van der Waals surface area contributed by atoms with Crippen LogP contribution in [0.4, 0.5) is 0 Å². The van der Waals surface area contributed by atoms with Crippen LogP contribution in [0.15, 0.2) is 78.2 Å². The van der Waals surface area contributed by atoms with Crippen molar-refractivity contribution in [2.24, 2.45) is 11.7 Å². The highest BCUT2D eigenvalue weighted by Crippen LogP contribution is 2.44. The van der Waals surface area contributed by atoms with E-state index in [4.69, 9.17) is 24.7 Å². The molecule has 7 heteroatoms. The number of rotatable bonds is 10. The van der Waals surface area contributed by atoms with Crippen molar-refractivity contribution < 1.29 is 23.7 Å². The van der Waals surface area contributed by atoms with Gasteiger partial charge in [0.15, 0.2) is 6.61 Å². The molecule has 196 valence electrons. The summed E-state index contributed by atoms with van der Waals surface area (Å²) in [5.74, 6) is 1.57. The first-order valence-corrected chi connectivity index (χ1v) is 12.7. The monoisotopic (exact) mass is 512 g/mol. The standard InChI is InChI=1S/C31H32N2O5/c1-4-21-8-10-23(11-9-21)36-19-29(34)37-25-12-13-26-28(17-25)38-31(33)27(18-32)30(26)22-6-5-7-24(16-22)35-15-14-20(2)3/h5-13,16-17,20,30H,4,14-15,19,33H2,1-3H3. The summed E-state index contributed by atoms with van der Waals surface area (Å²) in [4.78, 5) is 12.4. The molecule has 4 rings (SSSR count). The maximum atomic E-state index is 12.4. The van der Waals surface area contributed by atoms with Crippen LogP contribution in [-0.2, 0) is 11.2 Å². The average molecular weight is 513 g/mol. The predicted molar refractivity (Wildman–Crippen MR) is 144 cm³/mol. The molecule has 3 aromatic rings. The van der Waals surface area contributed by atoms with E-state index in [2.05, 4.69) is 26.8 Å². The Morgan fingerprint density at radius 2 is 1.79 bits per heavy atom. The molecule has 1 aliphatic rings. The van der Waals surface area contributed by atoms with Gasteiger partial charge in [-0.3, -0.25) is 0 Å². The Morgan fingerprint density at radius 3 is 2.50 bits per heavy atom. The molecule has 0 amide bonds. The van der Waals surface area contributed by atoms with Crippen molar-refractivity contribution in [2.45, 2.75) is 39.5 Å². The molecule has 3 aromatic carbocycles. The number of allylic oxidation sites excluding steroid dienone is 1. The Hall–Kier alpha value is -4.44. The fraction of sp³-hybridized carbons (Fsp3) is 0.290. The number of aryl methyl sites for hydroxylation is 1. The summed E-state index contributed by atoms with van der Waals surface area (Å²) in [6, 6.07) is 22.4. The first-order chi connectivity index (χ1) is 18.4. The van der Waals surface area contributed by atoms with Crippen LogP contribution in [-0.4, -0.2) is 19.2 Å².